The molecule has 0 aliphatic rings. The van der Waals surface area contributed by atoms with E-state index in [2.05, 4.69) is 4.98 Å². The number of aromatic amines is 1. The van der Waals surface area contributed by atoms with Gasteiger partial charge >= 0.3 is 0 Å². The Hall–Kier alpha value is -0.890. The Balaban J connectivity index is 2.80. The molecule has 0 aliphatic carbocycles. The molecule has 0 atom stereocenters. The molecule has 0 spiro atoms. The molecule has 1 aromatic heterocycles. The van der Waals surface area contributed by atoms with E-state index >= 15 is 0 Å². The third-order valence-electron chi connectivity index (χ3n) is 2.11. The molecule has 3 nitrogen and oxygen atoms in total. The van der Waals surface area contributed by atoms with Crippen molar-refractivity contribution in [2.75, 3.05) is 0 Å². The van der Waals surface area contributed by atoms with E-state index in [-0.39, 0.29) is 0 Å². The summed E-state index contributed by atoms with van der Waals surface area (Å²) in [6.45, 7) is 1.88. The number of hydrogen-bond donors (Lipinski definition) is 3. The second-order valence-electron chi connectivity index (χ2n) is 2.96. The molecule has 1 aromatic carbocycles. The smallest absolute Gasteiger partial charge is 0.200 e. The van der Waals surface area contributed by atoms with Crippen molar-refractivity contribution in [3.63, 3.8) is 0 Å². The summed E-state index contributed by atoms with van der Waals surface area (Å²) in [6, 6.07) is 5.68. The zero-order valence-electron chi connectivity index (χ0n) is 7.15. The Morgan fingerprint density at radius 2 is 2.00 bits per heavy atom. The van der Waals surface area contributed by atoms with Crippen LogP contribution in [0, 0.1) is 6.92 Å². The summed E-state index contributed by atoms with van der Waals surface area (Å²) in [5, 5.41) is 1.55. The van der Waals surface area contributed by atoms with Crippen molar-refractivity contribution in [1.29, 1.82) is 0 Å². The monoisotopic (exact) mass is 195 g/mol. The van der Waals surface area contributed by atoms with Crippen molar-refractivity contribution in [2.24, 2.45) is 0 Å². The zero-order chi connectivity index (χ0) is 9.42. The number of fused-ring (bicyclic) bond motifs is 1. The predicted octanol–water partition coefficient (Wildman–Crippen LogP) is 1.40. The van der Waals surface area contributed by atoms with E-state index in [9.17, 15) is 9.79 Å². The maximum Gasteiger partial charge on any atom is 0.200 e. The van der Waals surface area contributed by atoms with Crippen LogP contribution in [0.5, 0.6) is 0 Å². The minimum atomic E-state index is -2.01. The SMILES string of the molecule is Cc1ccc2[nH]ccc2c1P(O)O. The normalized spacial score (nSPS) is 11.4. The molecule has 0 saturated heterocycles. The molecule has 68 valence electrons. The van der Waals surface area contributed by atoms with Gasteiger partial charge in [0.05, 0.1) is 0 Å². The molecule has 0 fully saturated rings. The number of hydrogen-bond acceptors (Lipinski definition) is 2. The first-order chi connectivity index (χ1) is 6.20. The fourth-order valence-electron chi connectivity index (χ4n) is 1.49. The third kappa shape index (κ3) is 1.35. The van der Waals surface area contributed by atoms with Gasteiger partial charge in [0, 0.05) is 22.4 Å². The van der Waals surface area contributed by atoms with Crippen molar-refractivity contribution in [2.45, 2.75) is 6.92 Å². The van der Waals surface area contributed by atoms with Crippen molar-refractivity contribution < 1.29 is 9.79 Å². The summed E-state index contributed by atoms with van der Waals surface area (Å²) in [7, 11) is -2.01. The molecule has 0 radical (unpaired) electrons. The number of H-pyrrole nitrogens is 1. The number of aromatic nitrogens is 1. The van der Waals surface area contributed by atoms with Crippen molar-refractivity contribution >= 4 is 24.6 Å². The summed E-state index contributed by atoms with van der Waals surface area (Å²) >= 11 is 0. The molecule has 2 aromatic rings. The lowest BCUT2D eigenvalue weighted by Gasteiger charge is -2.07. The molecule has 1 heterocycles. The van der Waals surface area contributed by atoms with Crippen LogP contribution in [-0.2, 0) is 0 Å². The van der Waals surface area contributed by atoms with Gasteiger partial charge in [0.1, 0.15) is 0 Å². The number of nitrogens with one attached hydrogen (secondary N) is 1. The lowest BCUT2D eigenvalue weighted by Crippen LogP contribution is -2.05. The highest BCUT2D eigenvalue weighted by atomic mass is 31.2. The maximum atomic E-state index is 9.23. The Morgan fingerprint density at radius 1 is 1.23 bits per heavy atom. The van der Waals surface area contributed by atoms with Crippen LogP contribution in [0.4, 0.5) is 0 Å². The van der Waals surface area contributed by atoms with Crippen molar-refractivity contribution in [3.8, 4) is 0 Å². The molecule has 0 saturated carbocycles. The van der Waals surface area contributed by atoms with Gasteiger partial charge in [-0.1, -0.05) is 6.07 Å². The van der Waals surface area contributed by atoms with E-state index in [0.717, 1.165) is 16.5 Å². The highest BCUT2D eigenvalue weighted by Crippen LogP contribution is 2.29. The molecule has 3 N–H and O–H groups in total. The molecule has 2 rings (SSSR count). The van der Waals surface area contributed by atoms with Crippen LogP contribution in [0.2, 0.25) is 0 Å². The number of rotatable bonds is 1. The summed E-state index contributed by atoms with van der Waals surface area (Å²) < 4.78 is 0. The van der Waals surface area contributed by atoms with Crippen LogP contribution in [0.25, 0.3) is 10.9 Å². The van der Waals surface area contributed by atoms with Gasteiger partial charge in [0.25, 0.3) is 0 Å². The minimum absolute atomic E-state index is 0.647. The first-order valence-electron chi connectivity index (χ1n) is 3.94. The van der Waals surface area contributed by atoms with Crippen LogP contribution >= 0.6 is 8.38 Å². The van der Waals surface area contributed by atoms with E-state index in [1.807, 2.05) is 25.1 Å². The van der Waals surface area contributed by atoms with E-state index < -0.39 is 8.38 Å². The Kier molecular flexibility index (Phi) is 2.08. The van der Waals surface area contributed by atoms with Gasteiger partial charge in [-0.2, -0.15) is 0 Å². The van der Waals surface area contributed by atoms with Gasteiger partial charge < -0.3 is 14.8 Å². The van der Waals surface area contributed by atoms with Gasteiger partial charge in [-0.25, -0.2) is 0 Å². The van der Waals surface area contributed by atoms with Crippen LogP contribution in [0.15, 0.2) is 24.4 Å². The van der Waals surface area contributed by atoms with E-state index in [1.54, 1.807) is 6.20 Å². The average Bonchev–Trinajstić information content (AvgIpc) is 2.50. The second-order valence-corrected chi connectivity index (χ2v) is 3.99. The zero-order valence-corrected chi connectivity index (χ0v) is 8.05. The molecule has 0 unspecified atom stereocenters. The summed E-state index contributed by atoms with van der Waals surface area (Å²) in [5.41, 5.74) is 1.86. The fraction of sp³-hybridized carbons (Fsp3) is 0.111. The quantitative estimate of drug-likeness (QED) is 0.602. The van der Waals surface area contributed by atoms with Crippen LogP contribution in [0.3, 0.4) is 0 Å². The fourth-order valence-corrected chi connectivity index (χ4v) is 2.29. The maximum absolute atomic E-state index is 9.23. The third-order valence-corrected chi connectivity index (χ3v) is 3.10. The highest BCUT2D eigenvalue weighted by Gasteiger charge is 2.12. The highest BCUT2D eigenvalue weighted by molar-refractivity contribution is 7.54. The molecule has 13 heavy (non-hydrogen) atoms. The van der Waals surface area contributed by atoms with Crippen molar-refractivity contribution in [1.82, 2.24) is 4.98 Å². The van der Waals surface area contributed by atoms with Crippen LogP contribution in [0.1, 0.15) is 5.56 Å². The first-order valence-corrected chi connectivity index (χ1v) is 5.19. The Labute approximate surface area is 76.9 Å². The van der Waals surface area contributed by atoms with Crippen LogP contribution in [-0.4, -0.2) is 14.8 Å². The lowest BCUT2D eigenvalue weighted by molar-refractivity contribution is 0.497. The predicted molar refractivity (Wildman–Crippen MR) is 54.0 cm³/mol. The molecule has 0 amide bonds. The molecule has 0 bridgehead atoms. The average molecular weight is 195 g/mol. The molecular formula is C9H10NO2P. The number of benzene rings is 1. The Morgan fingerprint density at radius 3 is 2.69 bits per heavy atom. The van der Waals surface area contributed by atoms with Gasteiger partial charge in [0.15, 0.2) is 0 Å². The van der Waals surface area contributed by atoms with E-state index in [0.29, 0.717) is 5.30 Å². The van der Waals surface area contributed by atoms with Crippen molar-refractivity contribution in [3.05, 3.63) is 30.0 Å². The van der Waals surface area contributed by atoms with Gasteiger partial charge in [-0.3, -0.25) is 0 Å². The van der Waals surface area contributed by atoms with Gasteiger partial charge in [0.2, 0.25) is 8.38 Å². The molecule has 0 aliphatic heterocycles. The minimum Gasteiger partial charge on any atom is -0.361 e. The van der Waals surface area contributed by atoms with Crippen LogP contribution < -0.4 is 5.30 Å². The largest absolute Gasteiger partial charge is 0.361 e. The first kappa shape index (κ1) is 8.70. The lowest BCUT2D eigenvalue weighted by atomic mass is 10.2. The number of aryl methyl sites for hydroxylation is 1. The van der Waals surface area contributed by atoms with Gasteiger partial charge in [-0.05, 0) is 24.6 Å². The Bertz CT molecular complexity index is 436. The summed E-state index contributed by atoms with van der Waals surface area (Å²) in [4.78, 5) is 21.5. The van der Waals surface area contributed by atoms with E-state index in [4.69, 9.17) is 0 Å². The second kappa shape index (κ2) is 3.11. The summed E-state index contributed by atoms with van der Waals surface area (Å²) in [6.07, 6.45) is 1.80. The topological polar surface area (TPSA) is 56.2 Å². The molecular weight excluding hydrogens is 185 g/mol. The van der Waals surface area contributed by atoms with Gasteiger partial charge in [-0.15, -0.1) is 0 Å². The molecule has 4 heteroatoms. The standard InChI is InChI=1S/C9H10NO2P/c1-6-2-3-8-7(4-5-10-8)9(6)13(11)12/h2-5,10-12H,1H3. The van der Waals surface area contributed by atoms with E-state index in [1.165, 1.54) is 0 Å². The summed E-state index contributed by atoms with van der Waals surface area (Å²) in [5.74, 6) is 0.